The molecule has 0 unspecified atom stereocenters. The minimum absolute atomic E-state index is 0.191. The quantitative estimate of drug-likeness (QED) is 0.184. The van der Waals surface area contributed by atoms with E-state index < -0.39 is 42.3 Å². The van der Waals surface area contributed by atoms with Crippen LogP contribution in [-0.4, -0.2) is 101 Å². The second kappa shape index (κ2) is 12.8. The van der Waals surface area contributed by atoms with E-state index in [9.17, 15) is 24.9 Å². The lowest BCUT2D eigenvalue weighted by atomic mass is 9.97. The highest BCUT2D eigenvalue weighted by atomic mass is 16.4. The minimum atomic E-state index is -1.48. The number of nitrogens with zero attached hydrogens (tertiary/aromatic N) is 1. The number of likely N-dealkylation sites (N-methyl/N-ethyl adjacent to an activating group) is 2. The monoisotopic (exact) mass is 379 g/mol. The van der Waals surface area contributed by atoms with Gasteiger partial charge in [-0.2, -0.15) is 0 Å². The molecule has 0 aliphatic carbocycles. The molecular weight excluding hydrogens is 346 g/mol. The number of carbonyl (C=O) groups is 2. The number of hydrogen-bond acceptors (Lipinski definition) is 7. The third kappa shape index (κ3) is 8.77. The molecule has 0 spiro atoms. The van der Waals surface area contributed by atoms with Gasteiger partial charge in [0.2, 0.25) is 0 Å². The highest BCUT2D eigenvalue weighted by molar-refractivity contribution is 5.74. The Morgan fingerprint density at radius 3 is 2.23 bits per heavy atom. The number of unbranched alkanes of at least 4 members (excludes halogenated alkanes) is 1. The van der Waals surface area contributed by atoms with Gasteiger partial charge in [-0.3, -0.25) is 4.79 Å². The van der Waals surface area contributed by atoms with Crippen molar-refractivity contribution < 1.29 is 35.1 Å². The second-order valence-corrected chi connectivity index (χ2v) is 6.50. The van der Waals surface area contributed by atoms with Crippen LogP contribution < -0.4 is 10.6 Å². The first kappa shape index (κ1) is 24.5. The zero-order valence-corrected chi connectivity index (χ0v) is 15.6. The van der Waals surface area contributed by atoms with Crippen molar-refractivity contribution in [3.63, 3.8) is 0 Å². The number of nitrogens with one attached hydrogen (secondary N) is 2. The molecule has 0 aromatic heterocycles. The first-order chi connectivity index (χ1) is 12.1. The van der Waals surface area contributed by atoms with Gasteiger partial charge >= 0.3 is 12.0 Å². The number of urea groups is 1. The maximum Gasteiger partial charge on any atom is 0.320 e. The molecule has 7 N–H and O–H groups in total. The Morgan fingerprint density at radius 2 is 1.73 bits per heavy atom. The summed E-state index contributed by atoms with van der Waals surface area (Å²) in [5, 5.41) is 52.7. The fourth-order valence-electron chi connectivity index (χ4n) is 2.34. The van der Waals surface area contributed by atoms with Gasteiger partial charge in [-0.15, -0.1) is 0 Å². The van der Waals surface area contributed by atoms with Crippen LogP contribution in [0.4, 0.5) is 4.79 Å². The van der Waals surface area contributed by atoms with Gasteiger partial charge in [-0.25, -0.2) is 4.79 Å². The Hall–Kier alpha value is -1.46. The van der Waals surface area contributed by atoms with Crippen molar-refractivity contribution in [1.82, 2.24) is 15.5 Å². The lowest BCUT2D eigenvalue weighted by Crippen LogP contribution is -2.49. The Kier molecular flexibility index (Phi) is 12.1. The van der Waals surface area contributed by atoms with Gasteiger partial charge in [0.25, 0.3) is 0 Å². The molecule has 5 atom stereocenters. The number of carboxylic acid groups (broad SMARTS) is 1. The van der Waals surface area contributed by atoms with E-state index in [1.165, 1.54) is 18.9 Å². The van der Waals surface area contributed by atoms with Crippen molar-refractivity contribution in [2.24, 2.45) is 5.92 Å². The fraction of sp³-hybridized carbons (Fsp3) is 0.875. The fourth-order valence-corrected chi connectivity index (χ4v) is 2.34. The molecule has 0 fully saturated rings. The molecule has 154 valence electrons. The van der Waals surface area contributed by atoms with Crippen LogP contribution in [0.5, 0.6) is 0 Å². The van der Waals surface area contributed by atoms with Crippen LogP contribution in [0.1, 0.15) is 26.2 Å². The second-order valence-electron chi connectivity index (χ2n) is 6.50. The minimum Gasteiger partial charge on any atom is -0.480 e. The van der Waals surface area contributed by atoms with Gasteiger partial charge in [-0.1, -0.05) is 6.92 Å². The molecule has 2 amide bonds. The van der Waals surface area contributed by atoms with Crippen molar-refractivity contribution in [1.29, 1.82) is 0 Å². The number of amides is 2. The molecule has 0 saturated carbocycles. The number of carbonyl (C=O) groups excluding carboxylic acids is 1. The van der Waals surface area contributed by atoms with Crippen LogP contribution in [0.3, 0.4) is 0 Å². The van der Waals surface area contributed by atoms with Crippen LogP contribution in [-0.2, 0) is 4.79 Å². The van der Waals surface area contributed by atoms with Crippen LogP contribution in [0.15, 0.2) is 0 Å². The highest BCUT2D eigenvalue weighted by Gasteiger charge is 2.30. The number of hydrogen-bond donors (Lipinski definition) is 7. The number of aliphatic hydroxyl groups is 4. The number of carboxylic acids is 1. The SMILES string of the molecule is CN[C@@H](CCCCNC(=O)N(C)C[C@H](O)[C@@H](O)[C@H](O)[C@H](C)CO)C(=O)O. The lowest BCUT2D eigenvalue weighted by Gasteiger charge is -2.29. The van der Waals surface area contributed by atoms with E-state index in [4.69, 9.17) is 10.2 Å². The van der Waals surface area contributed by atoms with Gasteiger partial charge in [0, 0.05) is 26.1 Å². The number of aliphatic hydroxyl groups excluding tert-OH is 4. The average Bonchev–Trinajstić information content (AvgIpc) is 2.61. The summed E-state index contributed by atoms with van der Waals surface area (Å²) in [6, 6.07) is -1.07. The summed E-state index contributed by atoms with van der Waals surface area (Å²) in [5.74, 6) is -1.52. The highest BCUT2D eigenvalue weighted by Crippen LogP contribution is 2.11. The Labute approximate surface area is 153 Å². The summed E-state index contributed by atoms with van der Waals surface area (Å²) in [5.41, 5.74) is 0. The van der Waals surface area contributed by atoms with E-state index in [1.807, 2.05) is 0 Å². The smallest absolute Gasteiger partial charge is 0.320 e. The van der Waals surface area contributed by atoms with Gasteiger partial charge in [0.15, 0.2) is 0 Å². The standard InChI is InChI=1S/C16H33N3O7/c1-10(9-20)13(22)14(23)12(21)8-19(3)16(26)18-7-5-4-6-11(17-2)15(24)25/h10-14,17,20-23H,4-9H2,1-3H3,(H,18,26)(H,24,25)/t10-,11+,12+,13-,14-/m1/s1. The van der Waals surface area contributed by atoms with Gasteiger partial charge in [0.1, 0.15) is 18.2 Å². The van der Waals surface area contributed by atoms with E-state index in [0.29, 0.717) is 25.8 Å². The van der Waals surface area contributed by atoms with Crippen LogP contribution >= 0.6 is 0 Å². The largest absolute Gasteiger partial charge is 0.480 e. The van der Waals surface area contributed by atoms with E-state index in [2.05, 4.69) is 10.6 Å². The molecule has 0 aromatic rings. The zero-order chi connectivity index (χ0) is 20.3. The molecule has 0 saturated heterocycles. The molecule has 0 radical (unpaired) electrons. The molecule has 0 rings (SSSR count). The van der Waals surface area contributed by atoms with Crippen molar-refractivity contribution in [3.8, 4) is 0 Å². The van der Waals surface area contributed by atoms with Crippen LogP contribution in [0.25, 0.3) is 0 Å². The van der Waals surface area contributed by atoms with E-state index in [1.54, 1.807) is 7.05 Å². The summed E-state index contributed by atoms with van der Waals surface area (Å²) >= 11 is 0. The van der Waals surface area contributed by atoms with E-state index >= 15 is 0 Å². The Bertz CT molecular complexity index is 425. The Morgan fingerprint density at radius 1 is 1.12 bits per heavy atom. The molecule has 10 heteroatoms. The predicted molar refractivity (Wildman–Crippen MR) is 94.6 cm³/mol. The topological polar surface area (TPSA) is 163 Å². The van der Waals surface area contributed by atoms with Crippen molar-refractivity contribution in [3.05, 3.63) is 0 Å². The maximum absolute atomic E-state index is 11.9. The summed E-state index contributed by atoms with van der Waals surface area (Å²) in [6.45, 7) is 1.35. The van der Waals surface area contributed by atoms with Crippen molar-refractivity contribution in [2.75, 3.05) is 33.8 Å². The molecule has 10 nitrogen and oxygen atoms in total. The zero-order valence-electron chi connectivity index (χ0n) is 15.6. The lowest BCUT2D eigenvalue weighted by molar-refractivity contribution is -0.139. The number of rotatable bonds is 13. The van der Waals surface area contributed by atoms with E-state index in [-0.39, 0.29) is 13.2 Å². The third-order valence-electron chi connectivity index (χ3n) is 4.27. The summed E-state index contributed by atoms with van der Waals surface area (Å²) in [4.78, 5) is 24.0. The third-order valence-corrected chi connectivity index (χ3v) is 4.27. The Balaban J connectivity index is 4.14. The van der Waals surface area contributed by atoms with Gasteiger partial charge in [-0.05, 0) is 26.3 Å². The molecule has 0 aliphatic heterocycles. The summed E-state index contributed by atoms with van der Waals surface area (Å²) < 4.78 is 0. The van der Waals surface area contributed by atoms with Gasteiger partial charge < -0.3 is 41.1 Å². The van der Waals surface area contributed by atoms with Crippen molar-refractivity contribution in [2.45, 2.75) is 50.5 Å². The van der Waals surface area contributed by atoms with Crippen molar-refractivity contribution >= 4 is 12.0 Å². The summed E-state index contributed by atoms with van der Waals surface area (Å²) in [6.07, 6.45) is -2.48. The molecule has 0 bridgehead atoms. The molecule has 0 aromatic carbocycles. The predicted octanol–water partition coefficient (Wildman–Crippen LogP) is -1.82. The average molecular weight is 379 g/mol. The first-order valence-electron chi connectivity index (χ1n) is 8.69. The van der Waals surface area contributed by atoms with Crippen LogP contribution in [0.2, 0.25) is 0 Å². The maximum atomic E-state index is 11.9. The normalized spacial score (nSPS) is 17.0. The van der Waals surface area contributed by atoms with Gasteiger partial charge in [0.05, 0.1) is 12.6 Å². The molecule has 26 heavy (non-hydrogen) atoms. The molecule has 0 heterocycles. The first-order valence-corrected chi connectivity index (χ1v) is 8.69. The molecule has 0 aliphatic rings. The van der Waals surface area contributed by atoms with Crippen LogP contribution in [0, 0.1) is 5.92 Å². The van der Waals surface area contributed by atoms with E-state index in [0.717, 1.165) is 0 Å². The summed E-state index contributed by atoms with van der Waals surface area (Å²) in [7, 11) is 3.02. The molecular formula is C16H33N3O7. The number of aliphatic carboxylic acids is 1.